The van der Waals surface area contributed by atoms with E-state index in [-0.39, 0.29) is 0 Å². The minimum absolute atomic E-state index is 0.737. The maximum atomic E-state index is 5.80. The summed E-state index contributed by atoms with van der Waals surface area (Å²) in [7, 11) is 0. The van der Waals surface area contributed by atoms with Crippen molar-refractivity contribution in [2.75, 3.05) is 31.2 Å². The zero-order chi connectivity index (χ0) is 15.0. The average molecular weight is 317 g/mol. The first-order valence-corrected chi connectivity index (χ1v) is 9.03. The first-order valence-electron chi connectivity index (χ1n) is 7.88. The topological polar surface area (TPSA) is 30.3 Å². The lowest BCUT2D eigenvalue weighted by atomic mass is 10.2. The van der Waals surface area contributed by atoms with Gasteiger partial charge in [-0.1, -0.05) is 12.1 Å². The zero-order valence-electron chi connectivity index (χ0n) is 12.9. The molecule has 4 nitrogen and oxygen atoms in total. The molecule has 1 fully saturated rings. The van der Waals surface area contributed by atoms with Crippen LogP contribution in [0.1, 0.15) is 12.0 Å². The number of hydrogen-bond donors (Lipinski definition) is 0. The summed E-state index contributed by atoms with van der Waals surface area (Å²) >= 11 is 2.05. The number of hydrogen-bond acceptors (Lipinski definition) is 4. The molecule has 0 spiro atoms. The minimum atomic E-state index is 0.737. The van der Waals surface area contributed by atoms with E-state index >= 15 is 0 Å². The number of ether oxygens (including phenoxy) is 1. The first-order chi connectivity index (χ1) is 10.9. The van der Waals surface area contributed by atoms with E-state index in [1.54, 1.807) is 6.20 Å². The molecule has 118 valence electrons. The van der Waals surface area contributed by atoms with E-state index in [0.29, 0.717) is 0 Å². The molecule has 2 heterocycles. The summed E-state index contributed by atoms with van der Waals surface area (Å²) in [6.07, 6.45) is 6.62. The van der Waals surface area contributed by atoms with Crippen molar-refractivity contribution in [3.05, 3.63) is 48.5 Å². The van der Waals surface area contributed by atoms with E-state index in [0.717, 1.165) is 31.9 Å². The van der Waals surface area contributed by atoms with Crippen molar-refractivity contribution < 1.29 is 4.74 Å². The van der Waals surface area contributed by atoms with E-state index < -0.39 is 0 Å². The number of aryl methyl sites for hydroxylation is 1. The van der Waals surface area contributed by atoms with Crippen LogP contribution in [0, 0.1) is 0 Å². The van der Waals surface area contributed by atoms with E-state index in [1.807, 2.05) is 12.5 Å². The van der Waals surface area contributed by atoms with Gasteiger partial charge in [0.15, 0.2) is 0 Å². The summed E-state index contributed by atoms with van der Waals surface area (Å²) in [5.41, 5.74) is 1.37. The van der Waals surface area contributed by atoms with Crippen molar-refractivity contribution in [2.45, 2.75) is 19.5 Å². The summed E-state index contributed by atoms with van der Waals surface area (Å²) < 4.78 is 7.87. The molecule has 1 aliphatic rings. The van der Waals surface area contributed by atoms with Crippen LogP contribution in [0.4, 0.5) is 0 Å². The summed E-state index contributed by atoms with van der Waals surface area (Å²) in [6.45, 7) is 5.15. The van der Waals surface area contributed by atoms with Gasteiger partial charge in [0, 0.05) is 50.1 Å². The molecular weight excluding hydrogens is 294 g/mol. The van der Waals surface area contributed by atoms with Gasteiger partial charge in [0.1, 0.15) is 5.75 Å². The highest BCUT2D eigenvalue weighted by Gasteiger charge is 2.10. The third-order valence-corrected chi connectivity index (χ3v) is 4.76. The fraction of sp³-hybridized carbons (Fsp3) is 0.471. The predicted octanol–water partition coefficient (Wildman–Crippen LogP) is 2.90. The molecule has 0 unspecified atom stereocenters. The van der Waals surface area contributed by atoms with Crippen LogP contribution in [0.3, 0.4) is 0 Å². The van der Waals surface area contributed by atoms with Gasteiger partial charge in [-0.25, -0.2) is 4.98 Å². The molecule has 0 saturated carbocycles. The van der Waals surface area contributed by atoms with Gasteiger partial charge >= 0.3 is 0 Å². The Morgan fingerprint density at radius 1 is 1.14 bits per heavy atom. The number of nitrogens with zero attached hydrogens (tertiary/aromatic N) is 3. The quantitative estimate of drug-likeness (QED) is 0.735. The zero-order valence-corrected chi connectivity index (χ0v) is 13.7. The monoisotopic (exact) mass is 317 g/mol. The average Bonchev–Trinajstić information content (AvgIpc) is 3.07. The lowest BCUT2D eigenvalue weighted by Gasteiger charge is -2.26. The summed E-state index contributed by atoms with van der Waals surface area (Å²) in [5, 5.41) is 0. The Morgan fingerprint density at radius 3 is 2.68 bits per heavy atom. The van der Waals surface area contributed by atoms with Crippen molar-refractivity contribution >= 4 is 11.8 Å². The maximum absolute atomic E-state index is 5.80. The SMILES string of the molecule is c1cn(CCCOc2ccc(CN3CCSCC3)cc2)cn1. The summed E-state index contributed by atoms with van der Waals surface area (Å²) in [5.74, 6) is 3.49. The highest BCUT2D eigenvalue weighted by molar-refractivity contribution is 7.99. The van der Waals surface area contributed by atoms with Crippen molar-refractivity contribution in [3.63, 3.8) is 0 Å². The van der Waals surface area contributed by atoms with E-state index in [2.05, 4.69) is 50.5 Å². The van der Waals surface area contributed by atoms with Crippen LogP contribution in [-0.4, -0.2) is 45.7 Å². The van der Waals surface area contributed by atoms with Crippen molar-refractivity contribution in [1.29, 1.82) is 0 Å². The second-order valence-corrected chi connectivity index (χ2v) is 6.76. The van der Waals surface area contributed by atoms with Gasteiger partial charge in [0.05, 0.1) is 12.9 Å². The Balaban J connectivity index is 1.39. The molecule has 5 heteroatoms. The van der Waals surface area contributed by atoms with E-state index in [4.69, 9.17) is 4.74 Å². The standard InChI is InChI=1S/C17H23N3OS/c1(7-20-8-6-18-15-20)11-21-17-4-2-16(3-5-17)14-19-9-12-22-13-10-19/h2-6,8,15H,1,7,9-14H2. The fourth-order valence-electron chi connectivity index (χ4n) is 2.56. The third kappa shape index (κ3) is 4.78. The maximum Gasteiger partial charge on any atom is 0.119 e. The van der Waals surface area contributed by atoms with Crippen LogP contribution in [0.2, 0.25) is 0 Å². The molecule has 1 aromatic carbocycles. The first kappa shape index (κ1) is 15.4. The molecule has 2 aromatic rings. The van der Waals surface area contributed by atoms with Crippen LogP contribution >= 0.6 is 11.8 Å². The van der Waals surface area contributed by atoms with Crippen molar-refractivity contribution in [3.8, 4) is 5.75 Å². The van der Waals surface area contributed by atoms with Crippen LogP contribution in [0.25, 0.3) is 0 Å². The molecule has 3 rings (SSSR count). The van der Waals surface area contributed by atoms with E-state index in [9.17, 15) is 0 Å². The Labute approximate surface area is 136 Å². The molecule has 22 heavy (non-hydrogen) atoms. The van der Waals surface area contributed by atoms with Gasteiger partial charge in [-0.05, 0) is 24.1 Å². The molecule has 0 radical (unpaired) electrons. The van der Waals surface area contributed by atoms with Crippen LogP contribution < -0.4 is 4.74 Å². The number of benzene rings is 1. The molecule has 1 aliphatic heterocycles. The summed E-state index contributed by atoms with van der Waals surface area (Å²) in [6, 6.07) is 8.55. The van der Waals surface area contributed by atoms with Gasteiger partial charge < -0.3 is 9.30 Å². The lowest BCUT2D eigenvalue weighted by molar-refractivity contribution is 0.292. The lowest BCUT2D eigenvalue weighted by Crippen LogP contribution is -2.31. The van der Waals surface area contributed by atoms with Crippen LogP contribution in [0.5, 0.6) is 5.75 Å². The normalized spacial score (nSPS) is 15.8. The smallest absolute Gasteiger partial charge is 0.119 e. The van der Waals surface area contributed by atoms with Crippen molar-refractivity contribution in [2.24, 2.45) is 0 Å². The van der Waals surface area contributed by atoms with Crippen LogP contribution in [0.15, 0.2) is 43.0 Å². The van der Waals surface area contributed by atoms with Gasteiger partial charge in [0.2, 0.25) is 0 Å². The molecular formula is C17H23N3OS. The largest absolute Gasteiger partial charge is 0.494 e. The molecule has 0 N–H and O–H groups in total. The molecule has 0 bridgehead atoms. The number of rotatable bonds is 7. The Hall–Kier alpha value is -1.46. The van der Waals surface area contributed by atoms with Gasteiger partial charge in [-0.2, -0.15) is 11.8 Å². The highest BCUT2D eigenvalue weighted by atomic mass is 32.2. The van der Waals surface area contributed by atoms with Crippen LogP contribution in [-0.2, 0) is 13.1 Å². The second kappa shape index (κ2) is 8.25. The summed E-state index contributed by atoms with van der Waals surface area (Å²) in [4.78, 5) is 6.56. The fourth-order valence-corrected chi connectivity index (χ4v) is 3.54. The Bertz CT molecular complexity index is 536. The Kier molecular flexibility index (Phi) is 5.79. The number of imidazole rings is 1. The third-order valence-electron chi connectivity index (χ3n) is 3.82. The Morgan fingerprint density at radius 2 is 1.95 bits per heavy atom. The molecule has 0 atom stereocenters. The van der Waals surface area contributed by atoms with E-state index in [1.165, 1.54) is 30.2 Å². The van der Waals surface area contributed by atoms with Gasteiger partial charge in [-0.15, -0.1) is 0 Å². The molecule has 1 aromatic heterocycles. The predicted molar refractivity (Wildman–Crippen MR) is 91.4 cm³/mol. The molecule has 0 amide bonds. The highest BCUT2D eigenvalue weighted by Crippen LogP contribution is 2.16. The van der Waals surface area contributed by atoms with Gasteiger partial charge in [0.25, 0.3) is 0 Å². The number of aromatic nitrogens is 2. The second-order valence-electron chi connectivity index (χ2n) is 5.53. The molecule has 0 aliphatic carbocycles. The minimum Gasteiger partial charge on any atom is -0.494 e. The number of thioether (sulfide) groups is 1. The van der Waals surface area contributed by atoms with Crippen molar-refractivity contribution in [1.82, 2.24) is 14.5 Å². The molecule has 1 saturated heterocycles. The van der Waals surface area contributed by atoms with Gasteiger partial charge in [-0.3, -0.25) is 4.90 Å².